The van der Waals surface area contributed by atoms with Gasteiger partial charge in [-0.15, -0.1) is 0 Å². The minimum atomic E-state index is -0.0197. The maximum atomic E-state index is 4.01. The Balaban J connectivity index is 1.52. The molecule has 0 spiro atoms. The lowest BCUT2D eigenvalue weighted by atomic mass is 10.1. The van der Waals surface area contributed by atoms with E-state index in [1.807, 2.05) is 0 Å². The molecule has 1 N–H and O–H groups in total. The Kier molecular flexibility index (Phi) is 6.66. The molecule has 28 heavy (non-hydrogen) atoms. The molecule has 0 radical (unpaired) electrons. The Morgan fingerprint density at radius 2 is 1.46 bits per heavy atom. The number of benzene rings is 1. The molecule has 1 aromatic carbocycles. The van der Waals surface area contributed by atoms with Crippen molar-refractivity contribution in [2.24, 2.45) is 0 Å². The summed E-state index contributed by atoms with van der Waals surface area (Å²) in [4.78, 5) is 13.2. The van der Waals surface area contributed by atoms with Crippen molar-refractivity contribution in [1.82, 2.24) is 29.8 Å². The van der Waals surface area contributed by atoms with E-state index in [0.29, 0.717) is 0 Å². The van der Waals surface area contributed by atoms with Gasteiger partial charge in [0.2, 0.25) is 0 Å². The van der Waals surface area contributed by atoms with Crippen LogP contribution in [0.5, 0.6) is 0 Å². The summed E-state index contributed by atoms with van der Waals surface area (Å²) < 4.78 is 0. The zero-order valence-electron chi connectivity index (χ0n) is 17.8. The second kappa shape index (κ2) is 9.20. The van der Waals surface area contributed by atoms with Crippen molar-refractivity contribution in [3.63, 3.8) is 0 Å². The number of likely N-dealkylation sites (N-methyl/N-ethyl adjacent to an activating group) is 2. The molecule has 0 bridgehead atoms. The van der Waals surface area contributed by atoms with Crippen LogP contribution in [0.3, 0.4) is 0 Å². The highest BCUT2D eigenvalue weighted by Gasteiger charge is 2.46. The van der Waals surface area contributed by atoms with Gasteiger partial charge in [-0.2, -0.15) is 0 Å². The van der Waals surface area contributed by atoms with Crippen LogP contribution in [0, 0.1) is 0 Å². The van der Waals surface area contributed by atoms with Crippen molar-refractivity contribution in [2.75, 3.05) is 85.6 Å². The number of nitrogens with one attached hydrogen (secondary N) is 1. The van der Waals surface area contributed by atoms with E-state index in [4.69, 9.17) is 0 Å². The van der Waals surface area contributed by atoms with Crippen molar-refractivity contribution < 1.29 is 0 Å². The highest BCUT2D eigenvalue weighted by atomic mass is 15.6. The summed E-state index contributed by atoms with van der Waals surface area (Å²) in [5.74, 6) is -0.0197. The molecule has 3 fully saturated rings. The molecule has 3 aliphatic rings. The van der Waals surface area contributed by atoms with Gasteiger partial charge in [-0.25, -0.2) is 0 Å². The van der Waals surface area contributed by atoms with Gasteiger partial charge < -0.3 is 9.80 Å². The molecule has 1 unspecified atom stereocenters. The van der Waals surface area contributed by atoms with Gasteiger partial charge in [0.05, 0.1) is 0 Å². The van der Waals surface area contributed by atoms with E-state index in [1.165, 1.54) is 25.2 Å². The van der Waals surface area contributed by atoms with Crippen LogP contribution in [-0.2, 0) is 6.54 Å². The van der Waals surface area contributed by atoms with Gasteiger partial charge in [0, 0.05) is 78.5 Å². The largest absolute Gasteiger partial charge is 0.304 e. The molecule has 3 heterocycles. The van der Waals surface area contributed by atoms with E-state index >= 15 is 0 Å². The molecule has 156 valence electrons. The molecular formula is C22H38N6. The zero-order chi connectivity index (χ0) is 19.4. The second-order valence-corrected chi connectivity index (χ2v) is 8.65. The average Bonchev–Trinajstić information content (AvgIpc) is 2.75. The zero-order valence-corrected chi connectivity index (χ0v) is 17.8. The maximum Gasteiger partial charge on any atom is 0.142 e. The lowest BCUT2D eigenvalue weighted by Gasteiger charge is -2.58. The number of rotatable bonds is 5. The van der Waals surface area contributed by atoms with Gasteiger partial charge in [0.1, 0.15) is 5.79 Å². The minimum Gasteiger partial charge on any atom is -0.304 e. The van der Waals surface area contributed by atoms with Crippen molar-refractivity contribution in [2.45, 2.75) is 19.3 Å². The molecule has 4 rings (SSSR count). The monoisotopic (exact) mass is 386 g/mol. The average molecular weight is 387 g/mol. The molecule has 6 nitrogen and oxygen atoms in total. The lowest BCUT2D eigenvalue weighted by molar-refractivity contribution is -0.143. The summed E-state index contributed by atoms with van der Waals surface area (Å²) in [6.07, 6.45) is 0. The Morgan fingerprint density at radius 3 is 2.11 bits per heavy atom. The fourth-order valence-corrected chi connectivity index (χ4v) is 5.07. The van der Waals surface area contributed by atoms with Gasteiger partial charge in [0.15, 0.2) is 0 Å². The summed E-state index contributed by atoms with van der Waals surface area (Å²) in [5, 5.41) is 4.01. The topological polar surface area (TPSA) is 28.2 Å². The van der Waals surface area contributed by atoms with E-state index in [9.17, 15) is 0 Å². The van der Waals surface area contributed by atoms with Crippen molar-refractivity contribution >= 4 is 0 Å². The number of nitrogens with zero attached hydrogens (tertiary/aromatic N) is 5. The van der Waals surface area contributed by atoms with Crippen LogP contribution in [0.25, 0.3) is 0 Å². The number of hydrogen-bond acceptors (Lipinski definition) is 6. The first-order valence-corrected chi connectivity index (χ1v) is 11.1. The summed E-state index contributed by atoms with van der Waals surface area (Å²) in [7, 11) is 2.25. The quantitative estimate of drug-likeness (QED) is 0.798. The predicted octanol–water partition coefficient (Wildman–Crippen LogP) is 0.631. The molecule has 6 heteroatoms. The Bertz CT molecular complexity index is 594. The maximum absolute atomic E-state index is 4.01. The van der Waals surface area contributed by atoms with E-state index < -0.39 is 0 Å². The highest BCUT2D eigenvalue weighted by molar-refractivity contribution is 5.15. The van der Waals surface area contributed by atoms with Crippen LogP contribution < -0.4 is 5.32 Å². The van der Waals surface area contributed by atoms with E-state index in [-0.39, 0.29) is 5.79 Å². The van der Waals surface area contributed by atoms with Crippen LogP contribution in [0.4, 0.5) is 0 Å². The summed E-state index contributed by atoms with van der Waals surface area (Å²) >= 11 is 0. The van der Waals surface area contributed by atoms with Gasteiger partial charge in [0.25, 0.3) is 0 Å². The first kappa shape index (κ1) is 20.3. The fourth-order valence-electron chi connectivity index (χ4n) is 5.07. The van der Waals surface area contributed by atoms with Crippen LogP contribution >= 0.6 is 0 Å². The number of piperazine rings is 3. The first-order chi connectivity index (χ1) is 13.7. The highest BCUT2D eigenvalue weighted by Crippen LogP contribution is 2.26. The summed E-state index contributed by atoms with van der Waals surface area (Å²) in [6, 6.07) is 11.0. The van der Waals surface area contributed by atoms with Gasteiger partial charge in [-0.05, 0) is 19.2 Å². The van der Waals surface area contributed by atoms with Gasteiger partial charge in [-0.3, -0.25) is 20.0 Å². The second-order valence-electron chi connectivity index (χ2n) is 8.65. The number of hydrogen-bond donors (Lipinski definition) is 1. The smallest absolute Gasteiger partial charge is 0.142 e. The normalized spacial score (nSPS) is 29.9. The third-order valence-electron chi connectivity index (χ3n) is 6.90. The molecule has 3 saturated heterocycles. The van der Waals surface area contributed by atoms with Crippen LogP contribution in [0.15, 0.2) is 30.3 Å². The minimum absolute atomic E-state index is 0.0197. The predicted molar refractivity (Wildman–Crippen MR) is 115 cm³/mol. The molecular weight excluding hydrogens is 348 g/mol. The Morgan fingerprint density at radius 1 is 0.821 bits per heavy atom. The van der Waals surface area contributed by atoms with Crippen LogP contribution in [-0.4, -0.2) is 116 Å². The van der Waals surface area contributed by atoms with Crippen molar-refractivity contribution in [3.05, 3.63) is 35.9 Å². The molecule has 3 aliphatic heterocycles. The SMILES string of the molecule is CCN1CCN(C2(N3CCN(C)CC3)CN(Cc3ccccc3)CCN2)CC1. The summed E-state index contributed by atoms with van der Waals surface area (Å²) in [6.45, 7) is 17.1. The van der Waals surface area contributed by atoms with E-state index in [2.05, 4.69) is 74.1 Å². The Labute approximate surface area is 171 Å². The van der Waals surface area contributed by atoms with Crippen molar-refractivity contribution in [1.29, 1.82) is 0 Å². The molecule has 0 aromatic heterocycles. The molecule has 0 aliphatic carbocycles. The van der Waals surface area contributed by atoms with Crippen LogP contribution in [0.2, 0.25) is 0 Å². The third kappa shape index (κ3) is 4.42. The van der Waals surface area contributed by atoms with E-state index in [1.54, 1.807) is 0 Å². The molecule has 0 saturated carbocycles. The molecule has 0 amide bonds. The van der Waals surface area contributed by atoms with Crippen molar-refractivity contribution in [3.8, 4) is 0 Å². The van der Waals surface area contributed by atoms with Gasteiger partial charge >= 0.3 is 0 Å². The Hall–Kier alpha value is -1.02. The summed E-state index contributed by atoms with van der Waals surface area (Å²) in [5.41, 5.74) is 1.42. The van der Waals surface area contributed by atoms with E-state index in [0.717, 1.165) is 65.4 Å². The third-order valence-corrected chi connectivity index (χ3v) is 6.90. The lowest BCUT2D eigenvalue weighted by Crippen LogP contribution is -2.79. The molecule has 1 atom stereocenters. The molecule has 1 aromatic rings. The first-order valence-electron chi connectivity index (χ1n) is 11.1. The van der Waals surface area contributed by atoms with Gasteiger partial charge in [-0.1, -0.05) is 37.3 Å². The fraction of sp³-hybridized carbons (Fsp3) is 0.727. The standard InChI is InChI=1S/C22H38N6/c1-3-25-13-17-28(18-14-25)22(27-15-11-24(2)12-16-27)20-26(10-9-23-22)19-21-7-5-4-6-8-21/h4-8,23H,3,9-20H2,1-2H3. The van der Waals surface area contributed by atoms with Crippen LogP contribution in [0.1, 0.15) is 12.5 Å².